The molecule has 0 radical (unpaired) electrons. The van der Waals surface area contributed by atoms with E-state index in [4.69, 9.17) is 0 Å². The molecule has 1 saturated heterocycles. The maximum atomic E-state index is 12.0. The maximum Gasteiger partial charge on any atom is 0.326 e. The molecule has 3 rings (SSSR count). The molecule has 0 unspecified atom stereocenters. The Balaban J connectivity index is 1.76. The molecule has 0 aliphatic carbocycles. The molecule has 0 amide bonds. The molecule has 2 N–H and O–H groups in total. The number of likely N-dealkylation sites (N-methyl/N-ethyl adjacent to an activating group) is 1. The van der Waals surface area contributed by atoms with Crippen LogP contribution in [0.4, 0.5) is 0 Å². The molecule has 0 bridgehead atoms. The van der Waals surface area contributed by atoms with E-state index in [-0.39, 0.29) is 11.4 Å². The first kappa shape index (κ1) is 13.2. The molecule has 2 aromatic rings. The summed E-state index contributed by atoms with van der Waals surface area (Å²) in [6, 6.07) is 5.21. The Morgan fingerprint density at radius 3 is 2.70 bits per heavy atom. The van der Waals surface area contributed by atoms with Crippen LogP contribution in [0.5, 0.6) is 5.75 Å². The van der Waals surface area contributed by atoms with E-state index < -0.39 is 0 Å². The first-order valence-electron chi connectivity index (χ1n) is 6.96. The number of fused-ring (bicyclic) bond motifs is 1. The van der Waals surface area contributed by atoms with Crippen molar-refractivity contribution in [1.82, 2.24) is 19.4 Å². The summed E-state index contributed by atoms with van der Waals surface area (Å²) < 4.78 is 1.70. The van der Waals surface area contributed by atoms with Crippen molar-refractivity contribution in [2.45, 2.75) is 6.54 Å². The standard InChI is InChI=1S/C14H20N4O2/c1-16-5-7-17(8-6-16)9-10-18-11-3-2-4-12(19)13(11)15-14(18)20/h2-4,19H,5-10H2,1H3,(H,15,20). The molecule has 1 aliphatic heterocycles. The second-order valence-corrected chi connectivity index (χ2v) is 5.40. The molecular weight excluding hydrogens is 256 g/mol. The van der Waals surface area contributed by atoms with Gasteiger partial charge in [-0.25, -0.2) is 4.79 Å². The third-order valence-corrected chi connectivity index (χ3v) is 4.02. The zero-order chi connectivity index (χ0) is 14.1. The number of aromatic amines is 1. The number of aromatic hydroxyl groups is 1. The highest BCUT2D eigenvalue weighted by atomic mass is 16.3. The summed E-state index contributed by atoms with van der Waals surface area (Å²) in [7, 11) is 2.13. The average molecular weight is 276 g/mol. The van der Waals surface area contributed by atoms with Gasteiger partial charge in [-0.3, -0.25) is 9.47 Å². The lowest BCUT2D eigenvalue weighted by atomic mass is 10.3. The van der Waals surface area contributed by atoms with Gasteiger partial charge in [0.15, 0.2) is 0 Å². The smallest absolute Gasteiger partial charge is 0.326 e. The summed E-state index contributed by atoms with van der Waals surface area (Å²) in [5.74, 6) is 0.123. The van der Waals surface area contributed by atoms with E-state index in [1.807, 2.05) is 6.07 Å². The second kappa shape index (κ2) is 5.30. The van der Waals surface area contributed by atoms with Crippen molar-refractivity contribution in [2.24, 2.45) is 0 Å². The largest absolute Gasteiger partial charge is 0.506 e. The van der Waals surface area contributed by atoms with Crippen molar-refractivity contribution >= 4 is 11.0 Å². The minimum Gasteiger partial charge on any atom is -0.506 e. The number of hydrogen-bond donors (Lipinski definition) is 2. The zero-order valence-electron chi connectivity index (χ0n) is 11.7. The number of hydrogen-bond acceptors (Lipinski definition) is 4. The van der Waals surface area contributed by atoms with Crippen molar-refractivity contribution in [3.8, 4) is 5.75 Å². The maximum absolute atomic E-state index is 12.0. The average Bonchev–Trinajstić information content (AvgIpc) is 2.76. The van der Waals surface area contributed by atoms with Crippen molar-refractivity contribution < 1.29 is 5.11 Å². The van der Waals surface area contributed by atoms with Gasteiger partial charge in [-0.1, -0.05) is 6.07 Å². The summed E-state index contributed by atoms with van der Waals surface area (Å²) in [5, 5.41) is 9.76. The molecule has 108 valence electrons. The molecule has 0 spiro atoms. The fourth-order valence-electron chi connectivity index (χ4n) is 2.70. The number of phenolic OH excluding ortho intramolecular Hbond substituents is 1. The number of rotatable bonds is 3. The highest BCUT2D eigenvalue weighted by Gasteiger charge is 2.15. The zero-order valence-corrected chi connectivity index (χ0v) is 11.7. The summed E-state index contributed by atoms with van der Waals surface area (Å²) in [6.07, 6.45) is 0. The monoisotopic (exact) mass is 276 g/mol. The van der Waals surface area contributed by atoms with Gasteiger partial charge >= 0.3 is 5.69 Å². The van der Waals surface area contributed by atoms with Crippen molar-refractivity contribution in [1.29, 1.82) is 0 Å². The minimum absolute atomic E-state index is 0.123. The van der Waals surface area contributed by atoms with Crippen molar-refractivity contribution in [3.05, 3.63) is 28.7 Å². The van der Waals surface area contributed by atoms with Gasteiger partial charge in [0.1, 0.15) is 11.3 Å². The first-order chi connectivity index (χ1) is 9.65. The predicted octanol–water partition coefficient (Wildman–Crippen LogP) is 0.283. The topological polar surface area (TPSA) is 64.5 Å². The van der Waals surface area contributed by atoms with Gasteiger partial charge in [0.2, 0.25) is 0 Å². The molecule has 1 fully saturated rings. The predicted molar refractivity (Wildman–Crippen MR) is 78.2 cm³/mol. The lowest BCUT2D eigenvalue weighted by Crippen LogP contribution is -2.45. The Morgan fingerprint density at radius 1 is 1.20 bits per heavy atom. The van der Waals surface area contributed by atoms with Crippen molar-refractivity contribution in [3.63, 3.8) is 0 Å². The minimum atomic E-state index is -0.157. The summed E-state index contributed by atoms with van der Waals surface area (Å²) >= 11 is 0. The number of para-hydroxylation sites is 1. The lowest BCUT2D eigenvalue weighted by molar-refractivity contribution is 0.150. The number of H-pyrrole nitrogens is 1. The Morgan fingerprint density at radius 2 is 1.95 bits per heavy atom. The van der Waals surface area contributed by atoms with Crippen LogP contribution in [-0.4, -0.2) is 64.2 Å². The van der Waals surface area contributed by atoms with E-state index in [1.54, 1.807) is 16.7 Å². The third-order valence-electron chi connectivity index (χ3n) is 4.02. The van der Waals surface area contributed by atoms with E-state index in [2.05, 4.69) is 21.8 Å². The molecule has 0 atom stereocenters. The van der Waals surface area contributed by atoms with E-state index in [0.29, 0.717) is 12.1 Å². The van der Waals surface area contributed by atoms with Gasteiger partial charge in [-0.2, -0.15) is 0 Å². The van der Waals surface area contributed by atoms with Gasteiger partial charge in [0, 0.05) is 39.3 Å². The van der Waals surface area contributed by atoms with Gasteiger partial charge in [0.25, 0.3) is 0 Å². The summed E-state index contributed by atoms with van der Waals surface area (Å²) in [5.41, 5.74) is 1.13. The van der Waals surface area contributed by atoms with Crippen LogP contribution in [0, 0.1) is 0 Å². The van der Waals surface area contributed by atoms with Gasteiger partial charge < -0.3 is 15.0 Å². The van der Waals surface area contributed by atoms with Crippen LogP contribution in [0.3, 0.4) is 0 Å². The third kappa shape index (κ3) is 2.44. The van der Waals surface area contributed by atoms with E-state index in [0.717, 1.165) is 38.2 Å². The molecule has 6 nitrogen and oxygen atoms in total. The normalized spacial score (nSPS) is 17.9. The number of piperazine rings is 1. The summed E-state index contributed by atoms with van der Waals surface area (Å²) in [6.45, 7) is 5.73. The van der Waals surface area contributed by atoms with Crippen molar-refractivity contribution in [2.75, 3.05) is 39.8 Å². The van der Waals surface area contributed by atoms with E-state index in [9.17, 15) is 9.90 Å². The molecule has 1 aromatic carbocycles. The Hall–Kier alpha value is -1.79. The molecule has 20 heavy (non-hydrogen) atoms. The highest BCUT2D eigenvalue weighted by molar-refractivity contribution is 5.81. The quantitative estimate of drug-likeness (QED) is 0.845. The molecule has 2 heterocycles. The number of imidazole rings is 1. The molecule has 0 saturated carbocycles. The molecular formula is C14H20N4O2. The highest BCUT2D eigenvalue weighted by Crippen LogP contribution is 2.20. The molecule has 6 heteroatoms. The van der Waals surface area contributed by atoms with Gasteiger partial charge in [-0.15, -0.1) is 0 Å². The molecule has 1 aliphatic rings. The van der Waals surface area contributed by atoms with Crippen LogP contribution in [0.15, 0.2) is 23.0 Å². The van der Waals surface area contributed by atoms with E-state index >= 15 is 0 Å². The SMILES string of the molecule is CN1CCN(CCn2c(=O)[nH]c3c(O)cccc32)CC1. The fraction of sp³-hybridized carbons (Fsp3) is 0.500. The first-order valence-corrected chi connectivity index (χ1v) is 6.96. The van der Waals surface area contributed by atoms with Crippen LogP contribution in [0.25, 0.3) is 11.0 Å². The number of benzene rings is 1. The Kier molecular flexibility index (Phi) is 3.50. The number of aromatic nitrogens is 2. The van der Waals surface area contributed by atoms with Crippen LogP contribution in [-0.2, 0) is 6.54 Å². The fourth-order valence-corrected chi connectivity index (χ4v) is 2.70. The number of nitrogens with one attached hydrogen (secondary N) is 1. The number of nitrogens with zero attached hydrogens (tertiary/aromatic N) is 3. The van der Waals surface area contributed by atoms with Gasteiger partial charge in [0.05, 0.1) is 5.52 Å². The van der Waals surface area contributed by atoms with Crippen LogP contribution < -0.4 is 5.69 Å². The van der Waals surface area contributed by atoms with Gasteiger partial charge in [-0.05, 0) is 19.2 Å². The van der Waals surface area contributed by atoms with Crippen LogP contribution in [0.1, 0.15) is 0 Å². The summed E-state index contributed by atoms with van der Waals surface area (Å²) in [4.78, 5) is 19.4. The Labute approximate surface area is 117 Å². The van der Waals surface area contributed by atoms with Crippen LogP contribution >= 0.6 is 0 Å². The second-order valence-electron chi connectivity index (χ2n) is 5.40. The van der Waals surface area contributed by atoms with E-state index in [1.165, 1.54) is 0 Å². The number of phenols is 1. The van der Waals surface area contributed by atoms with Crippen LogP contribution in [0.2, 0.25) is 0 Å². The Bertz CT molecular complexity index is 653. The molecule has 1 aromatic heterocycles. The lowest BCUT2D eigenvalue weighted by Gasteiger charge is -2.32.